The highest BCUT2D eigenvalue weighted by molar-refractivity contribution is 6.31. The van der Waals surface area contributed by atoms with Gasteiger partial charge in [0.05, 0.1) is 17.8 Å². The van der Waals surface area contributed by atoms with E-state index in [0.717, 1.165) is 23.4 Å². The van der Waals surface area contributed by atoms with Crippen LogP contribution in [0.2, 0.25) is 5.02 Å². The van der Waals surface area contributed by atoms with E-state index in [1.165, 1.54) is 6.07 Å². The Morgan fingerprint density at radius 2 is 2.17 bits per heavy atom. The molecule has 3 nitrogen and oxygen atoms in total. The molecule has 5 heteroatoms. The lowest BCUT2D eigenvalue weighted by atomic mass is 10.2. The molecule has 0 amide bonds. The van der Waals surface area contributed by atoms with Crippen LogP contribution in [0.15, 0.2) is 24.4 Å². The average Bonchev–Trinajstić information content (AvgIpc) is 2.68. The Morgan fingerprint density at radius 3 is 2.89 bits per heavy atom. The van der Waals surface area contributed by atoms with Crippen molar-refractivity contribution in [1.82, 2.24) is 15.1 Å². The fourth-order valence-electron chi connectivity index (χ4n) is 1.84. The van der Waals surface area contributed by atoms with Crippen LogP contribution in [0.25, 0.3) is 0 Å². The molecule has 0 unspecified atom stereocenters. The van der Waals surface area contributed by atoms with Crippen LogP contribution in [-0.4, -0.2) is 16.8 Å². The van der Waals surface area contributed by atoms with Crippen molar-refractivity contribution in [2.24, 2.45) is 0 Å². The third-order valence-electron chi connectivity index (χ3n) is 2.92. The Hall–Kier alpha value is -1.39. The van der Waals surface area contributed by atoms with Crippen molar-refractivity contribution in [2.75, 3.05) is 7.05 Å². The quantitative estimate of drug-likeness (QED) is 0.923. The van der Waals surface area contributed by atoms with Crippen molar-refractivity contribution in [3.63, 3.8) is 0 Å². The topological polar surface area (TPSA) is 29.9 Å². The fourth-order valence-corrected chi connectivity index (χ4v) is 2.03. The summed E-state index contributed by atoms with van der Waals surface area (Å²) < 4.78 is 15.2. The molecule has 0 aliphatic carbocycles. The number of nitrogens with one attached hydrogen (secondary N) is 1. The van der Waals surface area contributed by atoms with E-state index >= 15 is 0 Å². The summed E-state index contributed by atoms with van der Waals surface area (Å²) in [4.78, 5) is 0. The van der Waals surface area contributed by atoms with E-state index in [1.54, 1.807) is 6.07 Å². The lowest BCUT2D eigenvalue weighted by Gasteiger charge is -2.08. The molecule has 18 heavy (non-hydrogen) atoms. The third kappa shape index (κ3) is 2.54. The first-order valence-corrected chi connectivity index (χ1v) is 6.10. The second-order valence-electron chi connectivity index (χ2n) is 4.16. The molecule has 1 aromatic carbocycles. The van der Waals surface area contributed by atoms with Gasteiger partial charge in [0.2, 0.25) is 0 Å². The monoisotopic (exact) mass is 267 g/mol. The highest BCUT2D eigenvalue weighted by Gasteiger charge is 2.10. The van der Waals surface area contributed by atoms with Crippen molar-refractivity contribution in [3.05, 3.63) is 52.1 Å². The number of nitrogens with zero attached hydrogens (tertiary/aromatic N) is 2. The van der Waals surface area contributed by atoms with Crippen LogP contribution in [-0.2, 0) is 13.1 Å². The number of hydrogen-bond acceptors (Lipinski definition) is 2. The molecule has 2 aromatic rings. The van der Waals surface area contributed by atoms with Gasteiger partial charge in [0, 0.05) is 17.8 Å². The number of rotatable bonds is 4. The van der Waals surface area contributed by atoms with Gasteiger partial charge in [-0.3, -0.25) is 4.68 Å². The standard InChI is InChI=1S/C13H15ClFN3/c1-9-11(6-16-2)7-17-18(9)8-10-4-3-5-12(15)13(10)14/h3-5,7,16H,6,8H2,1-2H3. The molecule has 0 aliphatic heterocycles. The van der Waals surface area contributed by atoms with Gasteiger partial charge in [-0.1, -0.05) is 23.7 Å². The van der Waals surface area contributed by atoms with Gasteiger partial charge in [-0.25, -0.2) is 4.39 Å². The minimum Gasteiger partial charge on any atom is -0.316 e. The zero-order chi connectivity index (χ0) is 13.1. The summed E-state index contributed by atoms with van der Waals surface area (Å²) >= 11 is 5.93. The Kier molecular flexibility index (Phi) is 3.99. The van der Waals surface area contributed by atoms with E-state index in [0.29, 0.717) is 6.54 Å². The molecule has 2 rings (SSSR count). The minimum absolute atomic E-state index is 0.169. The Bertz CT molecular complexity index is 551. The summed E-state index contributed by atoms with van der Waals surface area (Å²) in [5.74, 6) is -0.394. The Morgan fingerprint density at radius 1 is 1.39 bits per heavy atom. The first-order valence-electron chi connectivity index (χ1n) is 5.72. The number of benzene rings is 1. The van der Waals surface area contributed by atoms with Crippen LogP contribution >= 0.6 is 11.6 Å². The van der Waals surface area contributed by atoms with Crippen LogP contribution in [0.4, 0.5) is 4.39 Å². The fraction of sp³-hybridized carbons (Fsp3) is 0.308. The zero-order valence-electron chi connectivity index (χ0n) is 10.4. The molecule has 0 fully saturated rings. The summed E-state index contributed by atoms with van der Waals surface area (Å²) in [6, 6.07) is 4.82. The van der Waals surface area contributed by atoms with Gasteiger partial charge >= 0.3 is 0 Å². The summed E-state index contributed by atoms with van der Waals surface area (Å²) in [5.41, 5.74) is 2.92. The molecule has 96 valence electrons. The molecule has 1 N–H and O–H groups in total. The Balaban J connectivity index is 2.26. The summed E-state index contributed by atoms with van der Waals surface area (Å²) in [7, 11) is 1.89. The van der Waals surface area contributed by atoms with Crippen molar-refractivity contribution in [1.29, 1.82) is 0 Å². The summed E-state index contributed by atoms with van der Waals surface area (Å²) in [6.07, 6.45) is 1.82. The molecular weight excluding hydrogens is 253 g/mol. The van der Waals surface area contributed by atoms with Crippen LogP contribution in [0, 0.1) is 12.7 Å². The van der Waals surface area contributed by atoms with Crippen LogP contribution in [0.1, 0.15) is 16.8 Å². The van der Waals surface area contributed by atoms with Gasteiger partial charge in [0.25, 0.3) is 0 Å². The molecule has 0 atom stereocenters. The van der Waals surface area contributed by atoms with E-state index < -0.39 is 5.82 Å². The molecule has 1 aromatic heterocycles. The number of halogens is 2. The predicted molar refractivity (Wildman–Crippen MR) is 70.2 cm³/mol. The SMILES string of the molecule is CNCc1cnn(Cc2cccc(F)c2Cl)c1C. The van der Waals surface area contributed by atoms with Gasteiger partial charge in [0.1, 0.15) is 5.82 Å². The number of hydrogen-bond donors (Lipinski definition) is 1. The number of aromatic nitrogens is 2. The van der Waals surface area contributed by atoms with E-state index in [-0.39, 0.29) is 5.02 Å². The highest BCUT2D eigenvalue weighted by atomic mass is 35.5. The van der Waals surface area contributed by atoms with E-state index in [4.69, 9.17) is 11.6 Å². The van der Waals surface area contributed by atoms with Crippen LogP contribution in [0.5, 0.6) is 0 Å². The maximum atomic E-state index is 13.3. The smallest absolute Gasteiger partial charge is 0.142 e. The second-order valence-corrected chi connectivity index (χ2v) is 4.53. The first-order chi connectivity index (χ1) is 8.63. The Labute approximate surface area is 111 Å². The van der Waals surface area contributed by atoms with Crippen molar-refractivity contribution < 1.29 is 4.39 Å². The normalized spacial score (nSPS) is 10.9. The van der Waals surface area contributed by atoms with Crippen LogP contribution in [0.3, 0.4) is 0 Å². The predicted octanol–water partition coefficient (Wildman–Crippen LogP) is 2.75. The highest BCUT2D eigenvalue weighted by Crippen LogP contribution is 2.21. The third-order valence-corrected chi connectivity index (χ3v) is 3.35. The largest absolute Gasteiger partial charge is 0.316 e. The minimum atomic E-state index is -0.394. The van der Waals surface area contributed by atoms with Gasteiger partial charge in [-0.2, -0.15) is 5.10 Å². The molecule has 0 saturated heterocycles. The summed E-state index contributed by atoms with van der Waals surface area (Å²) in [5, 5.41) is 7.55. The molecule has 0 spiro atoms. The van der Waals surface area contributed by atoms with Gasteiger partial charge in [-0.15, -0.1) is 0 Å². The summed E-state index contributed by atoms with van der Waals surface area (Å²) in [6.45, 7) is 3.24. The van der Waals surface area contributed by atoms with Crippen molar-refractivity contribution >= 4 is 11.6 Å². The van der Waals surface area contributed by atoms with Crippen molar-refractivity contribution in [3.8, 4) is 0 Å². The lowest BCUT2D eigenvalue weighted by molar-refractivity contribution is 0.616. The average molecular weight is 268 g/mol. The maximum absolute atomic E-state index is 13.3. The van der Waals surface area contributed by atoms with Gasteiger partial charge in [-0.05, 0) is 25.6 Å². The molecule has 0 aliphatic rings. The molecule has 1 heterocycles. The first kappa shape index (κ1) is 13.1. The van der Waals surface area contributed by atoms with Gasteiger partial charge < -0.3 is 5.32 Å². The molecule has 0 saturated carbocycles. The van der Waals surface area contributed by atoms with Gasteiger partial charge in [0.15, 0.2) is 0 Å². The van der Waals surface area contributed by atoms with E-state index in [1.807, 2.05) is 30.9 Å². The second kappa shape index (κ2) is 5.50. The lowest BCUT2D eigenvalue weighted by Crippen LogP contribution is -2.08. The molecular formula is C13H15ClFN3. The molecule has 0 radical (unpaired) electrons. The molecule has 0 bridgehead atoms. The zero-order valence-corrected chi connectivity index (χ0v) is 11.1. The van der Waals surface area contributed by atoms with Crippen molar-refractivity contribution in [2.45, 2.75) is 20.0 Å². The van der Waals surface area contributed by atoms with E-state index in [9.17, 15) is 4.39 Å². The van der Waals surface area contributed by atoms with Crippen LogP contribution < -0.4 is 5.32 Å². The maximum Gasteiger partial charge on any atom is 0.142 e. The van der Waals surface area contributed by atoms with E-state index in [2.05, 4.69) is 10.4 Å².